The molecule has 6 nitrogen and oxygen atoms in total. The van der Waals surface area contributed by atoms with Crippen molar-refractivity contribution < 1.29 is 22.7 Å². The molecule has 28 heavy (non-hydrogen) atoms. The molecule has 1 aromatic heterocycles. The molecule has 2 unspecified atom stereocenters. The van der Waals surface area contributed by atoms with Gasteiger partial charge in [-0.05, 0) is 49.2 Å². The second-order valence-electron chi connectivity index (χ2n) is 6.33. The normalized spacial score (nSPS) is 18.9. The number of aliphatic hydroxyl groups is 1. The number of aliphatic hydroxyl groups excluding tert-OH is 1. The van der Waals surface area contributed by atoms with Crippen LogP contribution in [0.5, 0.6) is 0 Å². The van der Waals surface area contributed by atoms with Crippen LogP contribution in [-0.4, -0.2) is 32.0 Å². The predicted octanol–water partition coefficient (Wildman–Crippen LogP) is 3.29. The van der Waals surface area contributed by atoms with Crippen molar-refractivity contribution in [2.75, 3.05) is 11.4 Å². The summed E-state index contributed by atoms with van der Waals surface area (Å²) in [4.78, 5) is 14.4. The highest BCUT2D eigenvalue weighted by Gasteiger charge is 2.35. The molecule has 0 saturated carbocycles. The molecule has 1 fully saturated rings. The zero-order chi connectivity index (χ0) is 20.5. The van der Waals surface area contributed by atoms with E-state index in [9.17, 15) is 22.7 Å². The first-order valence-corrected chi connectivity index (χ1v) is 11.1. The molecule has 0 bridgehead atoms. The Hall–Kier alpha value is -1.78. The van der Waals surface area contributed by atoms with Gasteiger partial charge >= 0.3 is 0 Å². The Morgan fingerprint density at radius 3 is 2.75 bits per heavy atom. The molecule has 150 valence electrons. The van der Waals surface area contributed by atoms with Crippen molar-refractivity contribution in [3.8, 4) is 0 Å². The van der Waals surface area contributed by atoms with E-state index in [1.165, 1.54) is 47.4 Å². The quantitative estimate of drug-likeness (QED) is 0.715. The second-order valence-corrected chi connectivity index (χ2v) is 9.67. The maximum Gasteiger partial charge on any atom is 0.245 e. The summed E-state index contributed by atoms with van der Waals surface area (Å²) in [5.74, 6) is -1.18. The Morgan fingerprint density at radius 2 is 2.14 bits per heavy atom. The van der Waals surface area contributed by atoms with Crippen molar-refractivity contribution in [3.63, 3.8) is 0 Å². The van der Waals surface area contributed by atoms with E-state index < -0.39 is 33.9 Å². The molecule has 3 rings (SSSR count). The summed E-state index contributed by atoms with van der Waals surface area (Å²) >= 11 is 7.03. The molecule has 2 heterocycles. The van der Waals surface area contributed by atoms with Gasteiger partial charge in [-0.2, -0.15) is 4.72 Å². The highest BCUT2D eigenvalue weighted by Crippen LogP contribution is 2.28. The first-order valence-electron chi connectivity index (χ1n) is 8.41. The number of nitrogens with one attached hydrogen (secondary N) is 1. The van der Waals surface area contributed by atoms with Gasteiger partial charge in [0, 0.05) is 16.8 Å². The van der Waals surface area contributed by atoms with E-state index in [-0.39, 0.29) is 18.7 Å². The predicted molar refractivity (Wildman–Crippen MR) is 108 cm³/mol. The average Bonchev–Trinajstić information content (AvgIpc) is 3.19. The molecule has 2 aromatic rings. The Kier molecular flexibility index (Phi) is 6.21. The molecule has 2 atom stereocenters. The zero-order valence-electron chi connectivity index (χ0n) is 14.8. The molecular weight excluding hydrogens is 427 g/mol. The summed E-state index contributed by atoms with van der Waals surface area (Å²) in [7, 11) is -3.86. The van der Waals surface area contributed by atoms with Gasteiger partial charge in [0.15, 0.2) is 0 Å². The van der Waals surface area contributed by atoms with Gasteiger partial charge in [-0.15, -0.1) is 11.3 Å². The Labute approximate surface area is 171 Å². The van der Waals surface area contributed by atoms with Crippen LogP contribution < -0.4 is 9.62 Å². The zero-order valence-corrected chi connectivity index (χ0v) is 17.2. The number of benzene rings is 1. The SMILES string of the molecule is CC(O)c1ccc(N2CCC(NS(=O)(=O)C=Cc3ccc(Cl)s3)C2=O)c(F)c1. The first-order chi connectivity index (χ1) is 13.2. The minimum absolute atomic E-state index is 0.0554. The minimum Gasteiger partial charge on any atom is -0.389 e. The number of rotatable bonds is 6. The summed E-state index contributed by atoms with van der Waals surface area (Å²) in [6, 6.07) is 6.47. The van der Waals surface area contributed by atoms with Crippen molar-refractivity contribution >= 4 is 50.6 Å². The molecule has 0 spiro atoms. The smallest absolute Gasteiger partial charge is 0.245 e. The van der Waals surface area contributed by atoms with Crippen molar-refractivity contribution in [2.45, 2.75) is 25.5 Å². The van der Waals surface area contributed by atoms with Crippen LogP contribution in [0.3, 0.4) is 0 Å². The number of hydrogen-bond acceptors (Lipinski definition) is 5. The van der Waals surface area contributed by atoms with Gasteiger partial charge in [-0.25, -0.2) is 12.8 Å². The van der Waals surface area contributed by atoms with E-state index in [1.807, 2.05) is 0 Å². The molecule has 1 aliphatic rings. The Morgan fingerprint density at radius 1 is 1.39 bits per heavy atom. The summed E-state index contributed by atoms with van der Waals surface area (Å²) in [5, 5.41) is 10.5. The molecule has 10 heteroatoms. The van der Waals surface area contributed by atoms with Gasteiger partial charge in [0.2, 0.25) is 15.9 Å². The lowest BCUT2D eigenvalue weighted by Crippen LogP contribution is -2.40. The monoisotopic (exact) mass is 444 g/mol. The van der Waals surface area contributed by atoms with Crippen LogP contribution in [0.25, 0.3) is 6.08 Å². The Balaban J connectivity index is 1.71. The maximum absolute atomic E-state index is 14.3. The summed E-state index contributed by atoms with van der Waals surface area (Å²) in [6.07, 6.45) is 0.779. The lowest BCUT2D eigenvalue weighted by Gasteiger charge is -2.18. The van der Waals surface area contributed by atoms with Gasteiger partial charge in [-0.3, -0.25) is 4.79 Å². The van der Waals surface area contributed by atoms with E-state index in [1.54, 1.807) is 12.1 Å². The third-order valence-corrected chi connectivity index (χ3v) is 6.57. The molecule has 0 radical (unpaired) electrons. The van der Waals surface area contributed by atoms with Crippen LogP contribution >= 0.6 is 22.9 Å². The van der Waals surface area contributed by atoms with Crippen LogP contribution in [0.1, 0.15) is 29.9 Å². The number of nitrogens with zero attached hydrogens (tertiary/aromatic N) is 1. The fourth-order valence-corrected chi connectivity index (χ4v) is 4.91. The van der Waals surface area contributed by atoms with Crippen molar-refractivity contribution in [2.24, 2.45) is 0 Å². The fourth-order valence-electron chi connectivity index (χ4n) is 2.84. The van der Waals surface area contributed by atoms with Crippen molar-refractivity contribution in [3.05, 3.63) is 56.3 Å². The summed E-state index contributed by atoms with van der Waals surface area (Å²) in [6.45, 7) is 1.69. The van der Waals surface area contributed by atoms with E-state index in [0.717, 1.165) is 5.41 Å². The van der Waals surface area contributed by atoms with Crippen LogP contribution in [0.2, 0.25) is 4.34 Å². The molecule has 0 aliphatic carbocycles. The highest BCUT2D eigenvalue weighted by molar-refractivity contribution is 7.92. The molecule has 1 aromatic carbocycles. The average molecular weight is 445 g/mol. The summed E-state index contributed by atoms with van der Waals surface area (Å²) < 4.78 is 41.7. The molecule has 1 saturated heterocycles. The number of halogens is 2. The van der Waals surface area contributed by atoms with E-state index in [2.05, 4.69) is 4.72 Å². The molecule has 1 aliphatic heterocycles. The van der Waals surface area contributed by atoms with Crippen molar-refractivity contribution in [1.82, 2.24) is 4.72 Å². The van der Waals surface area contributed by atoms with Gasteiger partial charge in [0.05, 0.1) is 16.1 Å². The molecular formula is C18H18ClFN2O4S2. The lowest BCUT2D eigenvalue weighted by molar-refractivity contribution is -0.118. The highest BCUT2D eigenvalue weighted by atomic mass is 35.5. The van der Waals surface area contributed by atoms with Crippen LogP contribution in [-0.2, 0) is 14.8 Å². The number of amides is 1. The minimum atomic E-state index is -3.86. The molecule has 2 N–H and O–H groups in total. The number of carbonyl (C=O) groups excluding carboxylic acids is 1. The fraction of sp³-hybridized carbons (Fsp3) is 0.278. The maximum atomic E-state index is 14.3. The number of sulfonamides is 1. The van der Waals surface area contributed by atoms with Crippen molar-refractivity contribution in [1.29, 1.82) is 0 Å². The van der Waals surface area contributed by atoms with Gasteiger partial charge in [-0.1, -0.05) is 17.7 Å². The van der Waals surface area contributed by atoms with Crippen LogP contribution in [0, 0.1) is 5.82 Å². The van der Waals surface area contributed by atoms with Gasteiger partial charge < -0.3 is 10.0 Å². The summed E-state index contributed by atoms with van der Waals surface area (Å²) in [5.41, 5.74) is 0.448. The third-order valence-electron chi connectivity index (χ3n) is 4.26. The third kappa shape index (κ3) is 4.79. The standard InChI is InChI=1S/C18H18ClFN2O4S2/c1-11(23)12-2-4-16(14(20)10-12)22-8-6-15(18(22)24)21-28(25,26)9-7-13-3-5-17(19)27-13/h2-5,7,9-11,15,21,23H,6,8H2,1H3. The second kappa shape index (κ2) is 8.30. The van der Waals surface area contributed by atoms with Gasteiger partial charge in [0.25, 0.3) is 0 Å². The van der Waals surface area contributed by atoms with Crippen LogP contribution in [0.15, 0.2) is 35.7 Å². The van der Waals surface area contributed by atoms with E-state index in [4.69, 9.17) is 11.6 Å². The largest absolute Gasteiger partial charge is 0.389 e. The van der Waals surface area contributed by atoms with Crippen LogP contribution in [0.4, 0.5) is 10.1 Å². The van der Waals surface area contributed by atoms with Gasteiger partial charge in [0.1, 0.15) is 11.9 Å². The van der Waals surface area contributed by atoms with E-state index in [0.29, 0.717) is 14.8 Å². The first kappa shape index (κ1) is 20.9. The molecule has 1 amide bonds. The number of thiophene rings is 1. The Bertz CT molecular complexity index is 1020. The number of anilines is 1. The van der Waals surface area contributed by atoms with E-state index >= 15 is 0 Å². The lowest BCUT2D eigenvalue weighted by atomic mass is 10.1. The topological polar surface area (TPSA) is 86.7 Å². The number of carbonyl (C=O) groups is 1. The number of hydrogen-bond donors (Lipinski definition) is 2.